The third-order valence-corrected chi connectivity index (χ3v) is 2.05. The molecule has 0 radical (unpaired) electrons. The molecule has 0 saturated carbocycles. The van der Waals surface area contributed by atoms with E-state index in [0.29, 0.717) is 5.82 Å². The van der Waals surface area contributed by atoms with Gasteiger partial charge in [-0.25, -0.2) is 4.98 Å². The number of aliphatic hydroxyl groups is 1. The summed E-state index contributed by atoms with van der Waals surface area (Å²) in [5, 5.41) is 13.0. The van der Waals surface area contributed by atoms with Crippen LogP contribution in [0.2, 0.25) is 0 Å². The molecule has 74 valence electrons. The van der Waals surface area contributed by atoms with Crippen molar-refractivity contribution in [2.24, 2.45) is 0 Å². The van der Waals surface area contributed by atoms with Crippen molar-refractivity contribution in [1.29, 1.82) is 0 Å². The molecule has 0 aliphatic rings. The summed E-state index contributed by atoms with van der Waals surface area (Å²) >= 11 is 0. The molecule has 5 heteroatoms. The highest BCUT2D eigenvalue weighted by Crippen LogP contribution is 2.15. The topological polar surface area (TPSA) is 66.7 Å². The lowest BCUT2D eigenvalue weighted by Crippen LogP contribution is -1.91. The van der Waals surface area contributed by atoms with Gasteiger partial charge in [-0.05, 0) is 6.92 Å². The van der Waals surface area contributed by atoms with Gasteiger partial charge in [0, 0.05) is 18.3 Å². The first-order chi connectivity index (χ1) is 6.83. The molecule has 2 N–H and O–H groups in total. The van der Waals surface area contributed by atoms with Gasteiger partial charge in [-0.15, -0.1) is 0 Å². The smallest absolute Gasteiger partial charge is 0.132 e. The van der Waals surface area contributed by atoms with Crippen LogP contribution in [0.5, 0.6) is 0 Å². The number of nitrogens with one attached hydrogen (secondary N) is 1. The fourth-order valence-corrected chi connectivity index (χ4v) is 1.27. The Kier molecular flexibility index (Phi) is 2.32. The van der Waals surface area contributed by atoms with Crippen LogP contribution in [0.15, 0.2) is 18.6 Å². The van der Waals surface area contributed by atoms with Crippen LogP contribution in [0.4, 0.5) is 0 Å². The number of imidazole rings is 1. The van der Waals surface area contributed by atoms with Crippen molar-refractivity contribution in [1.82, 2.24) is 19.7 Å². The second-order valence-corrected chi connectivity index (χ2v) is 2.99. The van der Waals surface area contributed by atoms with Crippen LogP contribution in [0, 0.1) is 0 Å². The van der Waals surface area contributed by atoms with Crippen molar-refractivity contribution >= 4 is 0 Å². The zero-order valence-electron chi connectivity index (χ0n) is 7.94. The summed E-state index contributed by atoms with van der Waals surface area (Å²) in [6.07, 6.45) is 5.41. The Balaban J connectivity index is 2.29. The molecule has 0 aliphatic heterocycles. The van der Waals surface area contributed by atoms with E-state index in [1.807, 2.05) is 17.8 Å². The molecule has 2 aromatic rings. The van der Waals surface area contributed by atoms with Gasteiger partial charge in [0.05, 0.1) is 18.1 Å². The summed E-state index contributed by atoms with van der Waals surface area (Å²) in [7, 11) is 0. The van der Waals surface area contributed by atoms with Crippen LogP contribution in [0.1, 0.15) is 12.7 Å². The zero-order valence-corrected chi connectivity index (χ0v) is 7.94. The molecule has 0 amide bonds. The van der Waals surface area contributed by atoms with Crippen molar-refractivity contribution in [2.75, 3.05) is 0 Å². The third-order valence-electron chi connectivity index (χ3n) is 2.05. The number of rotatable bonds is 3. The lowest BCUT2D eigenvalue weighted by atomic mass is 10.3. The lowest BCUT2D eigenvalue weighted by molar-refractivity contribution is 0.272. The van der Waals surface area contributed by atoms with Crippen molar-refractivity contribution < 1.29 is 5.11 Å². The summed E-state index contributed by atoms with van der Waals surface area (Å²) in [4.78, 5) is 7.01. The highest BCUT2D eigenvalue weighted by atomic mass is 16.3. The van der Waals surface area contributed by atoms with E-state index < -0.39 is 0 Å². The molecule has 0 saturated heterocycles. The first-order valence-corrected chi connectivity index (χ1v) is 4.51. The number of aromatic nitrogens is 4. The molecule has 2 rings (SSSR count). The van der Waals surface area contributed by atoms with Crippen LogP contribution < -0.4 is 0 Å². The van der Waals surface area contributed by atoms with Gasteiger partial charge in [0.25, 0.3) is 0 Å². The van der Waals surface area contributed by atoms with Gasteiger partial charge in [-0.1, -0.05) is 0 Å². The lowest BCUT2D eigenvalue weighted by Gasteiger charge is -1.91. The number of aromatic amines is 1. The fourth-order valence-electron chi connectivity index (χ4n) is 1.27. The van der Waals surface area contributed by atoms with E-state index in [2.05, 4.69) is 15.1 Å². The maximum absolute atomic E-state index is 8.83. The minimum atomic E-state index is -0.0675. The van der Waals surface area contributed by atoms with Gasteiger partial charge in [0.2, 0.25) is 0 Å². The largest absolute Gasteiger partial charge is 0.388 e. The summed E-state index contributed by atoms with van der Waals surface area (Å²) in [5.41, 5.74) is 1.87. The quantitative estimate of drug-likeness (QED) is 0.755. The molecule has 5 nitrogen and oxygen atoms in total. The van der Waals surface area contributed by atoms with Crippen molar-refractivity contribution in [3.05, 3.63) is 24.4 Å². The molecule has 0 fully saturated rings. The second kappa shape index (κ2) is 3.63. The molecule has 0 aromatic carbocycles. The number of aliphatic hydroxyl groups excluding tert-OH is 1. The summed E-state index contributed by atoms with van der Waals surface area (Å²) in [6.45, 7) is 2.81. The van der Waals surface area contributed by atoms with Gasteiger partial charge < -0.3 is 10.1 Å². The van der Waals surface area contributed by atoms with Crippen LogP contribution in [-0.2, 0) is 13.2 Å². The first-order valence-electron chi connectivity index (χ1n) is 4.51. The Hall–Kier alpha value is -1.62. The molecule has 0 unspecified atom stereocenters. The molecular formula is C9H12N4O. The molecule has 0 bridgehead atoms. The van der Waals surface area contributed by atoms with E-state index in [4.69, 9.17) is 5.11 Å². The van der Waals surface area contributed by atoms with Gasteiger partial charge >= 0.3 is 0 Å². The number of hydrogen-bond donors (Lipinski definition) is 2. The van der Waals surface area contributed by atoms with Gasteiger partial charge in [0.1, 0.15) is 12.4 Å². The third kappa shape index (κ3) is 1.54. The van der Waals surface area contributed by atoms with Crippen molar-refractivity contribution in [2.45, 2.75) is 20.1 Å². The maximum Gasteiger partial charge on any atom is 0.132 e. The molecule has 0 spiro atoms. The average Bonchev–Trinajstić information content (AvgIpc) is 2.86. The predicted molar refractivity (Wildman–Crippen MR) is 51.4 cm³/mol. The van der Waals surface area contributed by atoms with E-state index in [1.54, 1.807) is 12.4 Å². The van der Waals surface area contributed by atoms with E-state index in [1.165, 1.54) is 0 Å². The number of nitrogens with zero attached hydrogens (tertiary/aromatic N) is 3. The fraction of sp³-hybridized carbons (Fsp3) is 0.333. The molecule has 2 heterocycles. The number of H-pyrrole nitrogens is 1. The van der Waals surface area contributed by atoms with Crippen molar-refractivity contribution in [3.63, 3.8) is 0 Å². The molecule has 0 atom stereocenters. The number of hydrogen-bond acceptors (Lipinski definition) is 3. The van der Waals surface area contributed by atoms with Gasteiger partial charge in [-0.3, -0.25) is 4.68 Å². The van der Waals surface area contributed by atoms with Crippen molar-refractivity contribution in [3.8, 4) is 11.3 Å². The standard InChI is InChI=1S/C9H12N4O/c1-2-13-5-7(3-11-13)8-4-10-9(6-14)12-8/h3-5,14H,2,6H2,1H3,(H,10,12). The van der Waals surface area contributed by atoms with Crippen LogP contribution in [0.25, 0.3) is 11.3 Å². The highest BCUT2D eigenvalue weighted by Gasteiger charge is 2.04. The van der Waals surface area contributed by atoms with Crippen LogP contribution in [0.3, 0.4) is 0 Å². The van der Waals surface area contributed by atoms with Crippen LogP contribution in [-0.4, -0.2) is 24.9 Å². The van der Waals surface area contributed by atoms with Crippen LogP contribution >= 0.6 is 0 Å². The molecular weight excluding hydrogens is 180 g/mol. The second-order valence-electron chi connectivity index (χ2n) is 2.99. The zero-order chi connectivity index (χ0) is 9.97. The molecule has 0 aliphatic carbocycles. The summed E-state index contributed by atoms with van der Waals surface area (Å²) < 4.78 is 1.84. The van der Waals surface area contributed by atoms with E-state index in [0.717, 1.165) is 17.8 Å². The Morgan fingerprint density at radius 3 is 2.93 bits per heavy atom. The predicted octanol–water partition coefficient (Wildman–Crippen LogP) is 0.785. The first kappa shape index (κ1) is 8.96. The van der Waals surface area contributed by atoms with E-state index in [9.17, 15) is 0 Å². The van der Waals surface area contributed by atoms with Gasteiger partial charge in [0.15, 0.2) is 0 Å². The minimum absolute atomic E-state index is 0.0675. The average molecular weight is 192 g/mol. The summed E-state index contributed by atoms with van der Waals surface area (Å²) in [6, 6.07) is 0. The minimum Gasteiger partial charge on any atom is -0.388 e. The maximum atomic E-state index is 8.83. The van der Waals surface area contributed by atoms with E-state index >= 15 is 0 Å². The molecule has 14 heavy (non-hydrogen) atoms. The SMILES string of the molecule is CCn1cc(-c2cnc(CO)[nH]2)cn1. The monoisotopic (exact) mass is 192 g/mol. The van der Waals surface area contributed by atoms with E-state index in [-0.39, 0.29) is 6.61 Å². The Morgan fingerprint density at radius 2 is 2.36 bits per heavy atom. The molecule has 2 aromatic heterocycles. The Morgan fingerprint density at radius 1 is 1.50 bits per heavy atom. The Labute approximate surface area is 81.4 Å². The van der Waals surface area contributed by atoms with Gasteiger partial charge in [-0.2, -0.15) is 5.10 Å². The highest BCUT2D eigenvalue weighted by molar-refractivity contribution is 5.55. The number of aryl methyl sites for hydroxylation is 1. The normalized spacial score (nSPS) is 10.7. The Bertz CT molecular complexity index is 378. The summed E-state index contributed by atoms with van der Waals surface area (Å²) in [5.74, 6) is 0.573.